The van der Waals surface area contributed by atoms with E-state index >= 15 is 0 Å². The second-order valence-corrected chi connectivity index (χ2v) is 4.88. The first-order valence-electron chi connectivity index (χ1n) is 6.21. The molecule has 1 unspecified atom stereocenters. The van der Waals surface area contributed by atoms with Gasteiger partial charge in [0.15, 0.2) is 0 Å². The Balaban J connectivity index is 2.05. The van der Waals surface area contributed by atoms with E-state index < -0.39 is 0 Å². The summed E-state index contributed by atoms with van der Waals surface area (Å²) < 4.78 is 5.32. The molecule has 0 radical (unpaired) electrons. The van der Waals surface area contributed by atoms with Crippen LogP contribution in [0.4, 0.5) is 5.69 Å². The van der Waals surface area contributed by atoms with Gasteiger partial charge in [-0.05, 0) is 36.5 Å². The number of hydrogen-bond acceptors (Lipinski definition) is 3. The average molecular weight is 235 g/mol. The van der Waals surface area contributed by atoms with Crippen LogP contribution in [0.25, 0.3) is 0 Å². The standard InChI is InChI=1S/C14H21NO2/c1-15(2)13-5-3-11(4-6-13)14(16)12-7-9-17-10-8-12/h3-6,12,14,16H,7-10H2,1-2H3. The van der Waals surface area contributed by atoms with E-state index in [1.807, 2.05) is 26.2 Å². The van der Waals surface area contributed by atoms with Crippen LogP contribution in [0.3, 0.4) is 0 Å². The molecule has 1 aliphatic heterocycles. The molecular weight excluding hydrogens is 214 g/mol. The van der Waals surface area contributed by atoms with E-state index in [4.69, 9.17) is 4.74 Å². The highest BCUT2D eigenvalue weighted by atomic mass is 16.5. The molecule has 1 saturated heterocycles. The van der Waals surface area contributed by atoms with Crippen molar-refractivity contribution in [3.8, 4) is 0 Å². The predicted molar refractivity (Wildman–Crippen MR) is 69.3 cm³/mol. The number of hydrogen-bond donors (Lipinski definition) is 1. The maximum atomic E-state index is 10.3. The quantitative estimate of drug-likeness (QED) is 0.872. The fourth-order valence-electron chi connectivity index (χ4n) is 2.27. The zero-order valence-corrected chi connectivity index (χ0v) is 10.6. The number of aliphatic hydroxyl groups is 1. The van der Waals surface area contributed by atoms with Crippen LogP contribution >= 0.6 is 0 Å². The predicted octanol–water partition coefficient (Wildman–Crippen LogP) is 2.21. The van der Waals surface area contributed by atoms with E-state index in [0.717, 1.165) is 37.3 Å². The zero-order valence-electron chi connectivity index (χ0n) is 10.6. The van der Waals surface area contributed by atoms with E-state index in [-0.39, 0.29) is 6.10 Å². The molecule has 0 aliphatic carbocycles. The molecule has 0 bridgehead atoms. The minimum atomic E-state index is -0.352. The van der Waals surface area contributed by atoms with E-state index in [2.05, 4.69) is 17.0 Å². The van der Waals surface area contributed by atoms with Crippen LogP contribution in [-0.4, -0.2) is 32.4 Å². The lowest BCUT2D eigenvalue weighted by molar-refractivity contribution is 0.00719. The number of rotatable bonds is 3. The third-order valence-electron chi connectivity index (χ3n) is 3.46. The second kappa shape index (κ2) is 5.52. The van der Waals surface area contributed by atoms with Crippen LogP contribution in [0.5, 0.6) is 0 Å². The van der Waals surface area contributed by atoms with Crippen LogP contribution in [-0.2, 0) is 4.74 Å². The monoisotopic (exact) mass is 235 g/mol. The first kappa shape index (κ1) is 12.4. The summed E-state index contributed by atoms with van der Waals surface area (Å²) in [6, 6.07) is 8.15. The third kappa shape index (κ3) is 2.99. The molecule has 1 aromatic carbocycles. The Morgan fingerprint density at radius 2 is 1.76 bits per heavy atom. The summed E-state index contributed by atoms with van der Waals surface area (Å²) in [6.45, 7) is 1.55. The van der Waals surface area contributed by atoms with E-state index in [1.165, 1.54) is 0 Å². The van der Waals surface area contributed by atoms with Gasteiger partial charge in [0.25, 0.3) is 0 Å². The van der Waals surface area contributed by atoms with Crippen molar-refractivity contribution in [3.63, 3.8) is 0 Å². The van der Waals surface area contributed by atoms with Gasteiger partial charge < -0.3 is 14.7 Å². The fraction of sp³-hybridized carbons (Fsp3) is 0.571. The zero-order chi connectivity index (χ0) is 12.3. The van der Waals surface area contributed by atoms with Gasteiger partial charge in [0.05, 0.1) is 6.10 Å². The summed E-state index contributed by atoms with van der Waals surface area (Å²) in [4.78, 5) is 2.06. The number of aliphatic hydroxyl groups excluding tert-OH is 1. The van der Waals surface area contributed by atoms with Gasteiger partial charge in [-0.25, -0.2) is 0 Å². The van der Waals surface area contributed by atoms with Gasteiger partial charge in [-0.3, -0.25) is 0 Å². The molecule has 3 heteroatoms. The van der Waals surface area contributed by atoms with Crippen LogP contribution in [0.1, 0.15) is 24.5 Å². The molecule has 1 heterocycles. The molecule has 1 N–H and O–H groups in total. The van der Waals surface area contributed by atoms with Gasteiger partial charge in [0.1, 0.15) is 0 Å². The van der Waals surface area contributed by atoms with E-state index in [0.29, 0.717) is 5.92 Å². The van der Waals surface area contributed by atoms with Crippen molar-refractivity contribution in [2.45, 2.75) is 18.9 Å². The average Bonchev–Trinajstić information content (AvgIpc) is 2.39. The molecule has 3 nitrogen and oxygen atoms in total. The molecule has 1 aliphatic rings. The van der Waals surface area contributed by atoms with Crippen molar-refractivity contribution >= 4 is 5.69 Å². The molecule has 1 fully saturated rings. The topological polar surface area (TPSA) is 32.7 Å². The van der Waals surface area contributed by atoms with Crippen molar-refractivity contribution < 1.29 is 9.84 Å². The Kier molecular flexibility index (Phi) is 4.02. The number of benzene rings is 1. The Morgan fingerprint density at radius 3 is 2.29 bits per heavy atom. The van der Waals surface area contributed by atoms with E-state index in [1.54, 1.807) is 0 Å². The highest BCUT2D eigenvalue weighted by Gasteiger charge is 2.23. The van der Waals surface area contributed by atoms with Gasteiger partial charge in [-0.1, -0.05) is 12.1 Å². The van der Waals surface area contributed by atoms with Crippen LogP contribution < -0.4 is 4.90 Å². The summed E-state index contributed by atoms with van der Waals surface area (Å²) in [6.07, 6.45) is 1.56. The van der Waals surface area contributed by atoms with Gasteiger partial charge in [0, 0.05) is 33.0 Å². The molecule has 1 atom stereocenters. The molecule has 0 aromatic heterocycles. The van der Waals surface area contributed by atoms with Crippen LogP contribution in [0.2, 0.25) is 0 Å². The van der Waals surface area contributed by atoms with Gasteiger partial charge in [0.2, 0.25) is 0 Å². The molecule has 2 rings (SSSR count). The van der Waals surface area contributed by atoms with Crippen molar-refractivity contribution in [2.24, 2.45) is 5.92 Å². The van der Waals surface area contributed by atoms with Gasteiger partial charge in [-0.15, -0.1) is 0 Å². The Bertz CT molecular complexity index is 342. The first-order chi connectivity index (χ1) is 8.18. The van der Waals surface area contributed by atoms with Crippen LogP contribution in [0, 0.1) is 5.92 Å². The highest BCUT2D eigenvalue weighted by Crippen LogP contribution is 2.30. The van der Waals surface area contributed by atoms with E-state index in [9.17, 15) is 5.11 Å². The Hall–Kier alpha value is -1.06. The SMILES string of the molecule is CN(C)c1ccc(C(O)C2CCOCC2)cc1. The third-order valence-corrected chi connectivity index (χ3v) is 3.46. The van der Waals surface area contributed by atoms with Crippen molar-refractivity contribution in [2.75, 3.05) is 32.2 Å². The van der Waals surface area contributed by atoms with Crippen molar-refractivity contribution in [3.05, 3.63) is 29.8 Å². The lowest BCUT2D eigenvalue weighted by Gasteiger charge is -2.27. The fourth-order valence-corrected chi connectivity index (χ4v) is 2.27. The maximum absolute atomic E-state index is 10.3. The molecule has 17 heavy (non-hydrogen) atoms. The largest absolute Gasteiger partial charge is 0.388 e. The molecule has 94 valence electrons. The summed E-state index contributed by atoms with van der Waals surface area (Å²) in [5.74, 6) is 0.342. The Morgan fingerprint density at radius 1 is 1.18 bits per heavy atom. The summed E-state index contributed by atoms with van der Waals surface area (Å²) in [5, 5.41) is 10.3. The molecule has 0 saturated carbocycles. The molecule has 0 amide bonds. The summed E-state index contributed by atoms with van der Waals surface area (Å²) in [5.41, 5.74) is 2.18. The first-order valence-corrected chi connectivity index (χ1v) is 6.21. The number of anilines is 1. The highest BCUT2D eigenvalue weighted by molar-refractivity contribution is 5.46. The summed E-state index contributed by atoms with van der Waals surface area (Å²) in [7, 11) is 4.04. The minimum Gasteiger partial charge on any atom is -0.388 e. The smallest absolute Gasteiger partial charge is 0.0819 e. The normalized spacial score (nSPS) is 19.0. The lowest BCUT2D eigenvalue weighted by atomic mass is 9.89. The Labute approximate surface area is 103 Å². The summed E-state index contributed by atoms with van der Waals surface area (Å²) >= 11 is 0. The second-order valence-electron chi connectivity index (χ2n) is 4.88. The van der Waals surface area contributed by atoms with Crippen LogP contribution in [0.15, 0.2) is 24.3 Å². The molecule has 0 spiro atoms. The van der Waals surface area contributed by atoms with Gasteiger partial charge >= 0.3 is 0 Å². The number of nitrogens with zero attached hydrogens (tertiary/aromatic N) is 1. The van der Waals surface area contributed by atoms with Crippen molar-refractivity contribution in [1.29, 1.82) is 0 Å². The minimum absolute atomic E-state index is 0.342. The van der Waals surface area contributed by atoms with Gasteiger partial charge in [-0.2, -0.15) is 0 Å². The molecule has 1 aromatic rings. The molecular formula is C14H21NO2. The maximum Gasteiger partial charge on any atom is 0.0819 e. The number of ether oxygens (including phenoxy) is 1. The van der Waals surface area contributed by atoms with Crippen molar-refractivity contribution in [1.82, 2.24) is 0 Å². The lowest BCUT2D eigenvalue weighted by Crippen LogP contribution is -2.22.